The largest absolute Gasteiger partial charge is 0.506 e. The van der Waals surface area contributed by atoms with Gasteiger partial charge in [0.2, 0.25) is 0 Å². The number of aryl methyl sites for hydroxylation is 1. The standard InChI is InChI=1S/C20H26O5S/c1-2-3-4-5-6-7-9-16-10-8-11-17(14-16)25-18-12-13-20(19(21)15-18)26(22,23)24/h8,10-15,21H,2-7,9H2,1H3,(H,22,23,24). The molecule has 2 rings (SSSR count). The Morgan fingerprint density at radius 2 is 1.62 bits per heavy atom. The molecule has 0 fully saturated rings. The summed E-state index contributed by atoms with van der Waals surface area (Å²) < 4.78 is 36.9. The number of ether oxygens (including phenoxy) is 1. The monoisotopic (exact) mass is 378 g/mol. The predicted octanol–water partition coefficient (Wildman–Crippen LogP) is 5.33. The summed E-state index contributed by atoms with van der Waals surface area (Å²) in [6.45, 7) is 2.21. The van der Waals surface area contributed by atoms with Crippen LogP contribution in [0.4, 0.5) is 0 Å². The second-order valence-electron chi connectivity index (χ2n) is 6.37. The Morgan fingerprint density at radius 3 is 2.31 bits per heavy atom. The topological polar surface area (TPSA) is 83.8 Å². The van der Waals surface area contributed by atoms with Crippen LogP contribution in [0.2, 0.25) is 0 Å². The molecule has 0 saturated carbocycles. The van der Waals surface area contributed by atoms with E-state index in [2.05, 4.69) is 13.0 Å². The molecule has 142 valence electrons. The van der Waals surface area contributed by atoms with Crippen molar-refractivity contribution in [1.82, 2.24) is 0 Å². The van der Waals surface area contributed by atoms with Gasteiger partial charge in [0.25, 0.3) is 10.1 Å². The van der Waals surface area contributed by atoms with Crippen molar-refractivity contribution >= 4 is 10.1 Å². The summed E-state index contributed by atoms with van der Waals surface area (Å²) in [5.41, 5.74) is 1.18. The van der Waals surface area contributed by atoms with Crippen LogP contribution in [0.1, 0.15) is 51.0 Å². The number of hydrogen-bond acceptors (Lipinski definition) is 4. The van der Waals surface area contributed by atoms with Gasteiger partial charge in [0.05, 0.1) is 0 Å². The first-order chi connectivity index (χ1) is 12.4. The lowest BCUT2D eigenvalue weighted by Crippen LogP contribution is -1.98. The van der Waals surface area contributed by atoms with Crippen molar-refractivity contribution in [3.63, 3.8) is 0 Å². The van der Waals surface area contributed by atoms with Crippen molar-refractivity contribution in [2.75, 3.05) is 0 Å². The molecule has 0 unspecified atom stereocenters. The minimum absolute atomic E-state index is 0.298. The molecule has 0 heterocycles. The maximum absolute atomic E-state index is 11.1. The molecule has 0 aromatic heterocycles. The molecule has 5 nitrogen and oxygen atoms in total. The first kappa shape index (κ1) is 20.3. The fourth-order valence-electron chi connectivity index (χ4n) is 2.79. The van der Waals surface area contributed by atoms with E-state index in [0.29, 0.717) is 11.5 Å². The molecule has 0 bridgehead atoms. The number of unbranched alkanes of at least 4 members (excludes halogenated alkanes) is 5. The van der Waals surface area contributed by atoms with Crippen LogP contribution in [0, 0.1) is 0 Å². The zero-order chi connectivity index (χ0) is 19.0. The van der Waals surface area contributed by atoms with Crippen LogP contribution in [0.15, 0.2) is 47.4 Å². The lowest BCUT2D eigenvalue weighted by Gasteiger charge is -2.09. The molecule has 2 aromatic rings. The van der Waals surface area contributed by atoms with Gasteiger partial charge >= 0.3 is 0 Å². The van der Waals surface area contributed by atoms with Gasteiger partial charge in [0, 0.05) is 6.07 Å². The second kappa shape index (κ2) is 9.59. The fraction of sp³-hybridized carbons (Fsp3) is 0.400. The summed E-state index contributed by atoms with van der Waals surface area (Å²) in [6.07, 6.45) is 8.45. The number of rotatable bonds is 10. The van der Waals surface area contributed by atoms with Crippen LogP contribution in [0.25, 0.3) is 0 Å². The summed E-state index contributed by atoms with van der Waals surface area (Å²) in [5.74, 6) is 0.368. The quantitative estimate of drug-likeness (QED) is 0.431. The summed E-state index contributed by atoms with van der Waals surface area (Å²) in [7, 11) is -4.45. The summed E-state index contributed by atoms with van der Waals surface area (Å²) in [4.78, 5) is -0.540. The van der Waals surface area contributed by atoms with Crippen molar-refractivity contribution in [1.29, 1.82) is 0 Å². The van der Waals surface area contributed by atoms with Crippen molar-refractivity contribution in [3.8, 4) is 17.2 Å². The average Bonchev–Trinajstić information content (AvgIpc) is 2.57. The van der Waals surface area contributed by atoms with Crippen LogP contribution in [-0.2, 0) is 16.5 Å². The predicted molar refractivity (Wildman–Crippen MR) is 102 cm³/mol. The summed E-state index contributed by atoms with van der Waals surface area (Å²) in [5, 5.41) is 9.75. The highest BCUT2D eigenvalue weighted by atomic mass is 32.2. The first-order valence-electron chi connectivity index (χ1n) is 8.97. The first-order valence-corrected chi connectivity index (χ1v) is 10.4. The van der Waals surface area contributed by atoms with Gasteiger partial charge in [-0.25, -0.2) is 0 Å². The zero-order valence-electron chi connectivity index (χ0n) is 15.0. The highest BCUT2D eigenvalue weighted by Gasteiger charge is 2.16. The Morgan fingerprint density at radius 1 is 0.923 bits per heavy atom. The molecule has 0 atom stereocenters. The number of benzene rings is 2. The zero-order valence-corrected chi connectivity index (χ0v) is 15.8. The molecule has 26 heavy (non-hydrogen) atoms. The molecule has 0 radical (unpaired) electrons. The van der Waals surface area contributed by atoms with E-state index < -0.39 is 20.8 Å². The molecule has 0 aliphatic heterocycles. The van der Waals surface area contributed by atoms with Gasteiger partial charge in [0.15, 0.2) is 0 Å². The molecule has 6 heteroatoms. The van der Waals surface area contributed by atoms with Crippen LogP contribution < -0.4 is 4.74 Å². The maximum Gasteiger partial charge on any atom is 0.298 e. The lowest BCUT2D eigenvalue weighted by molar-refractivity contribution is 0.433. The van der Waals surface area contributed by atoms with E-state index in [-0.39, 0.29) is 0 Å². The third-order valence-electron chi connectivity index (χ3n) is 4.16. The van der Waals surface area contributed by atoms with Gasteiger partial charge in [-0.15, -0.1) is 0 Å². The Balaban J connectivity index is 1.95. The van der Waals surface area contributed by atoms with Crippen LogP contribution in [-0.4, -0.2) is 18.1 Å². The number of phenols is 1. The molecule has 2 N–H and O–H groups in total. The smallest absolute Gasteiger partial charge is 0.298 e. The van der Waals surface area contributed by atoms with Crippen LogP contribution in [0.5, 0.6) is 17.2 Å². The van der Waals surface area contributed by atoms with Crippen molar-refractivity contribution in [3.05, 3.63) is 48.0 Å². The second-order valence-corrected chi connectivity index (χ2v) is 7.76. The minimum atomic E-state index is -4.45. The summed E-state index contributed by atoms with van der Waals surface area (Å²) in [6, 6.07) is 11.4. The molecular weight excluding hydrogens is 352 g/mol. The molecule has 0 amide bonds. The van der Waals surface area contributed by atoms with Gasteiger partial charge in [-0.3, -0.25) is 4.55 Å². The highest BCUT2D eigenvalue weighted by molar-refractivity contribution is 7.86. The number of aromatic hydroxyl groups is 1. The maximum atomic E-state index is 11.1. The normalized spacial score (nSPS) is 11.5. The SMILES string of the molecule is CCCCCCCCc1cccc(Oc2ccc(S(=O)(=O)O)c(O)c2)c1. The number of phenolic OH excluding ortho intramolecular Hbond substituents is 1. The van der Waals surface area contributed by atoms with Gasteiger partial charge in [0.1, 0.15) is 22.1 Å². The molecular formula is C20H26O5S. The Hall–Kier alpha value is -2.05. The fourth-order valence-corrected chi connectivity index (χ4v) is 3.35. The highest BCUT2D eigenvalue weighted by Crippen LogP contribution is 2.30. The van der Waals surface area contributed by atoms with Crippen molar-refractivity contribution in [2.45, 2.75) is 56.8 Å². The van der Waals surface area contributed by atoms with Gasteiger partial charge in [-0.1, -0.05) is 51.2 Å². The van der Waals surface area contributed by atoms with E-state index in [0.717, 1.165) is 18.9 Å². The molecule has 0 spiro atoms. The minimum Gasteiger partial charge on any atom is -0.506 e. The van der Waals surface area contributed by atoms with E-state index in [1.807, 2.05) is 12.1 Å². The molecule has 2 aromatic carbocycles. The molecule has 0 saturated heterocycles. The van der Waals surface area contributed by atoms with E-state index in [9.17, 15) is 13.5 Å². The van der Waals surface area contributed by atoms with E-state index in [1.54, 1.807) is 6.07 Å². The average molecular weight is 378 g/mol. The van der Waals surface area contributed by atoms with Crippen LogP contribution >= 0.6 is 0 Å². The van der Waals surface area contributed by atoms with E-state index >= 15 is 0 Å². The van der Waals surface area contributed by atoms with Crippen molar-refractivity contribution < 1.29 is 22.8 Å². The Bertz CT molecular complexity index is 815. The van der Waals surface area contributed by atoms with Gasteiger partial charge in [-0.2, -0.15) is 8.42 Å². The van der Waals surface area contributed by atoms with E-state index in [4.69, 9.17) is 9.29 Å². The third kappa shape index (κ3) is 6.35. The van der Waals surface area contributed by atoms with Gasteiger partial charge < -0.3 is 9.84 Å². The van der Waals surface area contributed by atoms with Gasteiger partial charge in [-0.05, 0) is 42.7 Å². The van der Waals surface area contributed by atoms with Crippen molar-refractivity contribution in [2.24, 2.45) is 0 Å². The lowest BCUT2D eigenvalue weighted by atomic mass is 10.0. The van der Waals surface area contributed by atoms with Crippen LogP contribution in [0.3, 0.4) is 0 Å². The Kier molecular flexibility index (Phi) is 7.48. The third-order valence-corrected chi connectivity index (χ3v) is 5.06. The number of hydrogen-bond donors (Lipinski definition) is 2. The summed E-state index contributed by atoms with van der Waals surface area (Å²) >= 11 is 0. The Labute approximate surface area is 155 Å². The molecule has 0 aliphatic carbocycles. The van der Waals surface area contributed by atoms with E-state index in [1.165, 1.54) is 49.8 Å². The molecule has 0 aliphatic rings.